The topological polar surface area (TPSA) is 38.8 Å². The van der Waals surface area contributed by atoms with Gasteiger partial charge in [0, 0.05) is 18.7 Å². The molecule has 0 bridgehead atoms. The Kier molecular flexibility index (Phi) is 5.77. The van der Waals surface area contributed by atoms with Gasteiger partial charge in [0.1, 0.15) is 5.60 Å². The van der Waals surface area contributed by atoms with Crippen LogP contribution in [0.15, 0.2) is 0 Å². The molecule has 5 heteroatoms. The van der Waals surface area contributed by atoms with Gasteiger partial charge in [-0.2, -0.15) is 0 Å². The summed E-state index contributed by atoms with van der Waals surface area (Å²) >= 11 is 0. The lowest BCUT2D eigenvalue weighted by molar-refractivity contribution is -0.0187. The Morgan fingerprint density at radius 3 is 2.00 bits per heavy atom. The number of nitrogens with zero attached hydrogens (tertiary/aromatic N) is 1. The second-order valence-electron chi connectivity index (χ2n) is 8.89. The van der Waals surface area contributed by atoms with Gasteiger partial charge in [-0.15, -0.1) is 0 Å². The maximum absolute atomic E-state index is 12.2. The Bertz CT molecular complexity index is 390. The number of rotatable bonds is 4. The summed E-state index contributed by atoms with van der Waals surface area (Å²) in [7, 11) is -1.71. The van der Waals surface area contributed by atoms with Gasteiger partial charge in [0.2, 0.25) is 0 Å². The van der Waals surface area contributed by atoms with E-state index in [1.807, 2.05) is 32.6 Å². The van der Waals surface area contributed by atoms with E-state index in [0.717, 1.165) is 12.8 Å². The molecule has 0 aromatic heterocycles. The molecule has 1 fully saturated rings. The lowest BCUT2D eigenvalue weighted by Gasteiger charge is -2.47. The fourth-order valence-corrected chi connectivity index (χ4v) is 3.72. The summed E-state index contributed by atoms with van der Waals surface area (Å²) < 4.78 is 11.9. The molecule has 1 aliphatic rings. The van der Waals surface area contributed by atoms with Gasteiger partial charge in [-0.25, -0.2) is 4.79 Å². The van der Waals surface area contributed by atoms with Gasteiger partial charge in [-0.1, -0.05) is 20.8 Å². The maximum atomic E-state index is 12.2. The third kappa shape index (κ3) is 4.98. The normalized spacial score (nSPS) is 23.0. The molecule has 1 aliphatic carbocycles. The fraction of sp³-hybridized carbons (Fsp3) is 0.941. The van der Waals surface area contributed by atoms with Crippen LogP contribution >= 0.6 is 0 Å². The highest BCUT2D eigenvalue weighted by Crippen LogP contribution is 2.41. The first-order chi connectivity index (χ1) is 9.77. The largest absolute Gasteiger partial charge is 0.444 e. The van der Waals surface area contributed by atoms with Crippen molar-refractivity contribution in [1.29, 1.82) is 0 Å². The molecule has 0 radical (unpaired) electrons. The van der Waals surface area contributed by atoms with Gasteiger partial charge in [0.15, 0.2) is 8.32 Å². The number of ether oxygens (including phenoxy) is 1. The van der Waals surface area contributed by atoms with Crippen molar-refractivity contribution in [2.24, 2.45) is 0 Å². The van der Waals surface area contributed by atoms with E-state index in [2.05, 4.69) is 33.9 Å². The molecule has 0 aromatic carbocycles. The number of carbonyl (C=O) groups excluding carboxylic acids is 1. The molecule has 0 unspecified atom stereocenters. The van der Waals surface area contributed by atoms with Crippen LogP contribution in [0, 0.1) is 0 Å². The summed E-state index contributed by atoms with van der Waals surface area (Å²) in [6.45, 7) is 19.8. The minimum atomic E-state index is -1.71. The van der Waals surface area contributed by atoms with Crippen molar-refractivity contribution in [3.05, 3.63) is 0 Å². The van der Waals surface area contributed by atoms with Crippen LogP contribution in [0.5, 0.6) is 0 Å². The third-order valence-electron chi connectivity index (χ3n) is 4.75. The molecule has 0 atom stereocenters. The number of carbonyl (C=O) groups is 1. The summed E-state index contributed by atoms with van der Waals surface area (Å²) in [5.74, 6) is 0. The lowest BCUT2D eigenvalue weighted by atomic mass is 9.88. The predicted molar refractivity (Wildman–Crippen MR) is 93.7 cm³/mol. The van der Waals surface area contributed by atoms with Gasteiger partial charge < -0.3 is 14.1 Å². The van der Waals surface area contributed by atoms with Crippen LogP contribution < -0.4 is 0 Å². The standard InChI is InChI=1S/C17H35NO3Si/c1-10-18(15(19)20-16(2,3)4)13-11-14(12-13)21-22(8,9)17(5,6)7/h13-14H,10-12H2,1-9H3. The first-order valence-electron chi connectivity index (χ1n) is 8.44. The average Bonchev–Trinajstić information content (AvgIpc) is 2.21. The Hall–Kier alpha value is -0.553. The summed E-state index contributed by atoms with van der Waals surface area (Å²) in [4.78, 5) is 14.1. The second-order valence-corrected chi connectivity index (χ2v) is 13.6. The van der Waals surface area contributed by atoms with Crippen LogP contribution in [0.1, 0.15) is 61.3 Å². The van der Waals surface area contributed by atoms with Gasteiger partial charge in [-0.3, -0.25) is 0 Å². The van der Waals surface area contributed by atoms with Crippen LogP contribution in [0.2, 0.25) is 18.1 Å². The highest BCUT2D eigenvalue weighted by molar-refractivity contribution is 6.74. The van der Waals surface area contributed by atoms with Crippen LogP contribution in [-0.4, -0.2) is 43.6 Å². The summed E-state index contributed by atoms with van der Waals surface area (Å²) in [6, 6.07) is 0.259. The van der Waals surface area contributed by atoms with Crippen molar-refractivity contribution in [1.82, 2.24) is 4.90 Å². The van der Waals surface area contributed by atoms with Crippen molar-refractivity contribution in [3.63, 3.8) is 0 Å². The first kappa shape index (κ1) is 19.5. The van der Waals surface area contributed by atoms with E-state index in [-0.39, 0.29) is 17.2 Å². The van der Waals surface area contributed by atoms with E-state index in [4.69, 9.17) is 9.16 Å². The van der Waals surface area contributed by atoms with Crippen molar-refractivity contribution < 1.29 is 14.0 Å². The summed E-state index contributed by atoms with van der Waals surface area (Å²) in [6.07, 6.45) is 1.95. The summed E-state index contributed by atoms with van der Waals surface area (Å²) in [5.41, 5.74) is -0.439. The molecule has 0 saturated heterocycles. The molecule has 1 amide bonds. The lowest BCUT2D eigenvalue weighted by Crippen LogP contribution is -2.55. The Morgan fingerprint density at radius 2 is 1.64 bits per heavy atom. The molecule has 0 heterocycles. The summed E-state index contributed by atoms with van der Waals surface area (Å²) in [5, 5.41) is 0.230. The molecule has 0 spiro atoms. The molecular weight excluding hydrogens is 294 g/mol. The van der Waals surface area contributed by atoms with Gasteiger partial charge in [0.05, 0.1) is 0 Å². The van der Waals surface area contributed by atoms with Crippen LogP contribution in [0.4, 0.5) is 4.79 Å². The molecule has 0 aromatic rings. The number of hydrogen-bond donors (Lipinski definition) is 0. The molecule has 4 nitrogen and oxygen atoms in total. The Balaban J connectivity index is 2.53. The quantitative estimate of drug-likeness (QED) is 0.696. The van der Waals surface area contributed by atoms with Crippen LogP contribution in [0.25, 0.3) is 0 Å². The second kappa shape index (κ2) is 6.52. The van der Waals surface area contributed by atoms with Gasteiger partial charge >= 0.3 is 6.09 Å². The Morgan fingerprint density at radius 1 is 1.14 bits per heavy atom. The molecule has 1 rings (SSSR count). The zero-order valence-corrected chi connectivity index (χ0v) is 16.9. The highest BCUT2D eigenvalue weighted by Gasteiger charge is 2.44. The molecule has 1 saturated carbocycles. The minimum Gasteiger partial charge on any atom is -0.444 e. The zero-order chi connectivity index (χ0) is 17.3. The smallest absolute Gasteiger partial charge is 0.410 e. The minimum absolute atomic E-state index is 0.203. The van der Waals surface area contributed by atoms with Crippen LogP contribution in [-0.2, 0) is 9.16 Å². The van der Waals surface area contributed by atoms with E-state index in [1.165, 1.54) is 0 Å². The van der Waals surface area contributed by atoms with E-state index in [9.17, 15) is 4.79 Å². The predicted octanol–water partition coefficient (Wildman–Crippen LogP) is 4.80. The van der Waals surface area contributed by atoms with Crippen molar-refractivity contribution in [2.75, 3.05) is 6.54 Å². The van der Waals surface area contributed by atoms with Gasteiger partial charge in [-0.05, 0) is 58.7 Å². The number of amides is 1. The van der Waals surface area contributed by atoms with Crippen LogP contribution in [0.3, 0.4) is 0 Å². The molecule has 130 valence electrons. The van der Waals surface area contributed by atoms with E-state index >= 15 is 0 Å². The third-order valence-corrected chi connectivity index (χ3v) is 9.28. The average molecular weight is 330 g/mol. The van der Waals surface area contributed by atoms with Crippen molar-refractivity contribution in [3.8, 4) is 0 Å². The highest BCUT2D eigenvalue weighted by atomic mass is 28.4. The SMILES string of the molecule is CCN(C(=O)OC(C)(C)C)C1CC(O[Si](C)(C)C(C)(C)C)C1. The van der Waals surface area contributed by atoms with Gasteiger partial charge in [0.25, 0.3) is 0 Å². The van der Waals surface area contributed by atoms with Crippen molar-refractivity contribution >= 4 is 14.4 Å². The van der Waals surface area contributed by atoms with E-state index < -0.39 is 13.9 Å². The molecular formula is C17H35NO3Si. The monoisotopic (exact) mass is 329 g/mol. The molecule has 0 aliphatic heterocycles. The number of hydrogen-bond acceptors (Lipinski definition) is 3. The first-order valence-corrected chi connectivity index (χ1v) is 11.3. The maximum Gasteiger partial charge on any atom is 0.410 e. The zero-order valence-electron chi connectivity index (χ0n) is 15.9. The van der Waals surface area contributed by atoms with Crippen molar-refractivity contribution in [2.45, 2.75) is 97.2 Å². The molecule has 0 N–H and O–H groups in total. The Labute approximate surface area is 137 Å². The van der Waals surface area contributed by atoms with E-state index in [0.29, 0.717) is 12.6 Å². The fourth-order valence-electron chi connectivity index (χ4n) is 2.34. The van der Waals surface area contributed by atoms with E-state index in [1.54, 1.807) is 0 Å². The molecule has 22 heavy (non-hydrogen) atoms.